The molecule has 2 rings (SSSR count). The van der Waals surface area contributed by atoms with Gasteiger partial charge in [0, 0.05) is 5.69 Å². The predicted octanol–water partition coefficient (Wildman–Crippen LogP) is -0.703. The SMILES string of the molecule is CCOc1ccc(N[C@H]2O[C@@H](CO)[C@@H](O)[C@@H](O)[C@H]2O)cc1. The summed E-state index contributed by atoms with van der Waals surface area (Å²) in [5, 5.41) is 41.4. The highest BCUT2D eigenvalue weighted by Crippen LogP contribution is 2.24. The number of hydrogen-bond acceptors (Lipinski definition) is 7. The van der Waals surface area contributed by atoms with Crippen LogP contribution >= 0.6 is 0 Å². The van der Waals surface area contributed by atoms with Crippen LogP contribution in [0.1, 0.15) is 6.92 Å². The molecule has 0 unspecified atom stereocenters. The van der Waals surface area contributed by atoms with Crippen molar-refractivity contribution in [2.24, 2.45) is 0 Å². The van der Waals surface area contributed by atoms with Gasteiger partial charge < -0.3 is 35.2 Å². The van der Waals surface area contributed by atoms with Crippen LogP contribution in [0.3, 0.4) is 0 Å². The minimum absolute atomic E-state index is 0.452. The number of ether oxygens (including phenoxy) is 2. The van der Waals surface area contributed by atoms with Gasteiger partial charge in [0.1, 0.15) is 30.2 Å². The van der Waals surface area contributed by atoms with E-state index in [1.165, 1.54) is 0 Å². The summed E-state index contributed by atoms with van der Waals surface area (Å²) in [5.74, 6) is 0.719. The van der Waals surface area contributed by atoms with Gasteiger partial charge in [-0.3, -0.25) is 0 Å². The molecule has 1 fully saturated rings. The molecule has 7 heteroatoms. The molecule has 1 aromatic carbocycles. The fraction of sp³-hybridized carbons (Fsp3) is 0.571. The van der Waals surface area contributed by atoms with Crippen LogP contribution in [0, 0.1) is 0 Å². The van der Waals surface area contributed by atoms with E-state index in [0.29, 0.717) is 12.3 Å². The molecule has 1 aromatic rings. The Morgan fingerprint density at radius 2 is 1.76 bits per heavy atom. The Morgan fingerprint density at radius 1 is 1.10 bits per heavy atom. The number of aliphatic hydroxyl groups is 4. The number of aliphatic hydroxyl groups excluding tert-OH is 4. The first kappa shape index (κ1) is 16.0. The molecule has 118 valence electrons. The van der Waals surface area contributed by atoms with Crippen LogP contribution in [-0.2, 0) is 4.74 Å². The van der Waals surface area contributed by atoms with E-state index in [2.05, 4.69) is 5.32 Å². The molecular weight excluding hydrogens is 278 g/mol. The number of rotatable bonds is 5. The average molecular weight is 299 g/mol. The number of nitrogens with one attached hydrogen (secondary N) is 1. The van der Waals surface area contributed by atoms with E-state index >= 15 is 0 Å². The van der Waals surface area contributed by atoms with Gasteiger partial charge in [-0.2, -0.15) is 0 Å². The lowest BCUT2D eigenvalue weighted by Gasteiger charge is -2.40. The summed E-state index contributed by atoms with van der Waals surface area (Å²) < 4.78 is 10.7. The highest BCUT2D eigenvalue weighted by atomic mass is 16.6. The molecule has 1 aliphatic heterocycles. The minimum atomic E-state index is -1.39. The van der Waals surface area contributed by atoms with Crippen molar-refractivity contribution in [2.45, 2.75) is 37.6 Å². The van der Waals surface area contributed by atoms with Crippen molar-refractivity contribution in [1.82, 2.24) is 0 Å². The standard InChI is InChI=1S/C14H21NO6/c1-2-20-9-5-3-8(4-6-9)15-14-13(19)12(18)11(17)10(7-16)21-14/h3-6,10-19H,2,7H2,1H3/t10-,11+,12+,13+,14-/m0/s1. The second kappa shape index (κ2) is 7.06. The molecule has 0 radical (unpaired) electrons. The molecule has 0 spiro atoms. The Labute approximate surface area is 122 Å². The second-order valence-electron chi connectivity index (χ2n) is 4.85. The summed E-state index contributed by atoms with van der Waals surface area (Å²) in [6, 6.07) is 7.00. The monoisotopic (exact) mass is 299 g/mol. The predicted molar refractivity (Wildman–Crippen MR) is 75.0 cm³/mol. The van der Waals surface area contributed by atoms with Crippen molar-refractivity contribution >= 4 is 5.69 Å². The molecule has 5 atom stereocenters. The van der Waals surface area contributed by atoms with Crippen LogP contribution in [0.2, 0.25) is 0 Å². The van der Waals surface area contributed by atoms with Gasteiger partial charge in [0.25, 0.3) is 0 Å². The third kappa shape index (κ3) is 3.63. The second-order valence-corrected chi connectivity index (χ2v) is 4.85. The van der Waals surface area contributed by atoms with Crippen LogP contribution < -0.4 is 10.1 Å². The zero-order valence-corrected chi connectivity index (χ0v) is 11.7. The Kier molecular flexibility index (Phi) is 5.38. The summed E-state index contributed by atoms with van der Waals surface area (Å²) in [6.45, 7) is 2.01. The molecule has 0 aliphatic carbocycles. The fourth-order valence-corrected chi connectivity index (χ4v) is 2.20. The van der Waals surface area contributed by atoms with Gasteiger partial charge in [0.15, 0.2) is 6.23 Å². The Bertz CT molecular complexity index is 438. The van der Waals surface area contributed by atoms with E-state index in [1.54, 1.807) is 24.3 Å². The maximum atomic E-state index is 9.92. The molecule has 0 saturated carbocycles. The average Bonchev–Trinajstić information content (AvgIpc) is 2.50. The Balaban J connectivity index is 2.03. The van der Waals surface area contributed by atoms with E-state index in [9.17, 15) is 15.3 Å². The van der Waals surface area contributed by atoms with Crippen molar-refractivity contribution in [3.63, 3.8) is 0 Å². The van der Waals surface area contributed by atoms with Crippen molar-refractivity contribution in [1.29, 1.82) is 0 Å². The molecule has 1 saturated heterocycles. The Morgan fingerprint density at radius 3 is 2.33 bits per heavy atom. The van der Waals surface area contributed by atoms with Crippen molar-refractivity contribution in [3.8, 4) is 5.75 Å². The normalized spacial score (nSPS) is 32.7. The maximum Gasteiger partial charge on any atom is 0.157 e. The van der Waals surface area contributed by atoms with Crippen LogP contribution in [0.5, 0.6) is 5.75 Å². The van der Waals surface area contributed by atoms with E-state index in [0.717, 1.165) is 5.75 Å². The highest BCUT2D eigenvalue weighted by Gasteiger charge is 2.43. The summed E-state index contributed by atoms with van der Waals surface area (Å²) >= 11 is 0. The summed E-state index contributed by atoms with van der Waals surface area (Å²) in [4.78, 5) is 0. The summed E-state index contributed by atoms with van der Waals surface area (Å²) in [5.41, 5.74) is 0.655. The molecule has 1 aliphatic rings. The van der Waals surface area contributed by atoms with Gasteiger partial charge in [-0.25, -0.2) is 0 Å². The van der Waals surface area contributed by atoms with Crippen LogP contribution in [-0.4, -0.2) is 64.3 Å². The van der Waals surface area contributed by atoms with Gasteiger partial charge in [0.05, 0.1) is 13.2 Å². The fourth-order valence-electron chi connectivity index (χ4n) is 2.20. The zero-order chi connectivity index (χ0) is 15.4. The quantitative estimate of drug-likeness (QED) is 0.489. The lowest BCUT2D eigenvalue weighted by molar-refractivity contribution is -0.221. The molecule has 1 heterocycles. The van der Waals surface area contributed by atoms with Crippen LogP contribution in [0.4, 0.5) is 5.69 Å². The number of benzene rings is 1. The molecule has 0 amide bonds. The smallest absolute Gasteiger partial charge is 0.157 e. The molecule has 5 N–H and O–H groups in total. The molecule has 7 nitrogen and oxygen atoms in total. The lowest BCUT2D eigenvalue weighted by Crippen LogP contribution is -2.60. The van der Waals surface area contributed by atoms with Gasteiger partial charge >= 0.3 is 0 Å². The van der Waals surface area contributed by atoms with E-state index in [-0.39, 0.29) is 0 Å². The van der Waals surface area contributed by atoms with Gasteiger partial charge in [-0.15, -0.1) is 0 Å². The molecular formula is C14H21NO6. The lowest BCUT2D eigenvalue weighted by atomic mass is 9.98. The first-order valence-electron chi connectivity index (χ1n) is 6.86. The van der Waals surface area contributed by atoms with E-state index < -0.39 is 37.3 Å². The number of anilines is 1. The van der Waals surface area contributed by atoms with Crippen molar-refractivity contribution < 1.29 is 29.9 Å². The third-order valence-corrected chi connectivity index (χ3v) is 3.37. The largest absolute Gasteiger partial charge is 0.494 e. The van der Waals surface area contributed by atoms with E-state index in [4.69, 9.17) is 14.6 Å². The van der Waals surface area contributed by atoms with Gasteiger partial charge in [-0.05, 0) is 31.2 Å². The van der Waals surface area contributed by atoms with Gasteiger partial charge in [-0.1, -0.05) is 0 Å². The topological polar surface area (TPSA) is 111 Å². The maximum absolute atomic E-state index is 9.92. The molecule has 0 aromatic heterocycles. The molecule has 21 heavy (non-hydrogen) atoms. The first-order valence-corrected chi connectivity index (χ1v) is 6.86. The first-order chi connectivity index (χ1) is 10.1. The van der Waals surface area contributed by atoms with Gasteiger partial charge in [0.2, 0.25) is 0 Å². The summed E-state index contributed by atoms with van der Waals surface area (Å²) in [6.07, 6.45) is -5.92. The van der Waals surface area contributed by atoms with Crippen LogP contribution in [0.25, 0.3) is 0 Å². The third-order valence-electron chi connectivity index (χ3n) is 3.37. The number of hydrogen-bond donors (Lipinski definition) is 5. The molecule has 0 bridgehead atoms. The van der Waals surface area contributed by atoms with E-state index in [1.807, 2.05) is 6.92 Å². The zero-order valence-electron chi connectivity index (χ0n) is 11.7. The van der Waals surface area contributed by atoms with Crippen molar-refractivity contribution in [3.05, 3.63) is 24.3 Å². The minimum Gasteiger partial charge on any atom is -0.494 e. The Hall–Kier alpha value is -1.38. The highest BCUT2D eigenvalue weighted by molar-refractivity contribution is 5.47. The van der Waals surface area contributed by atoms with Crippen molar-refractivity contribution in [2.75, 3.05) is 18.5 Å². The van der Waals surface area contributed by atoms with Crippen LogP contribution in [0.15, 0.2) is 24.3 Å². The summed E-state index contributed by atoms with van der Waals surface area (Å²) in [7, 11) is 0.